The fraction of sp³-hybridized carbons (Fsp3) is 0.346. The predicted octanol–water partition coefficient (Wildman–Crippen LogP) is 5.24. The van der Waals surface area contributed by atoms with Crippen molar-refractivity contribution in [2.45, 2.75) is 33.7 Å². The van der Waals surface area contributed by atoms with Gasteiger partial charge >= 0.3 is 0 Å². The lowest BCUT2D eigenvalue weighted by atomic mass is 9.93. The second kappa shape index (κ2) is 10.3. The zero-order valence-corrected chi connectivity index (χ0v) is 18.4. The van der Waals surface area contributed by atoms with E-state index in [4.69, 9.17) is 9.47 Å². The van der Waals surface area contributed by atoms with Gasteiger partial charge in [0.15, 0.2) is 5.78 Å². The third kappa shape index (κ3) is 5.61. The zero-order chi connectivity index (χ0) is 21.5. The summed E-state index contributed by atoms with van der Waals surface area (Å²) in [5.74, 6) is 1.80. The highest BCUT2D eigenvalue weighted by Gasteiger charge is 2.27. The molecular formula is C26H31NO3. The molecule has 1 fully saturated rings. The molecule has 1 heterocycles. The fourth-order valence-electron chi connectivity index (χ4n) is 3.49. The van der Waals surface area contributed by atoms with Gasteiger partial charge in [-0.15, -0.1) is 0 Å². The van der Waals surface area contributed by atoms with Crippen molar-refractivity contribution in [1.29, 1.82) is 0 Å². The van der Waals surface area contributed by atoms with Crippen LogP contribution in [0.3, 0.4) is 0 Å². The van der Waals surface area contributed by atoms with Gasteiger partial charge in [0.25, 0.3) is 0 Å². The molecule has 0 atom stereocenters. The molecular weight excluding hydrogens is 374 g/mol. The summed E-state index contributed by atoms with van der Waals surface area (Å²) in [4.78, 5) is 15.6. The van der Waals surface area contributed by atoms with Gasteiger partial charge < -0.3 is 9.47 Å². The Morgan fingerprint density at radius 1 is 0.800 bits per heavy atom. The van der Waals surface area contributed by atoms with E-state index in [2.05, 4.69) is 18.7 Å². The fourth-order valence-corrected chi connectivity index (χ4v) is 3.49. The molecule has 3 rings (SSSR count). The number of ether oxygens (including phenoxy) is 2. The van der Waals surface area contributed by atoms with Crippen molar-refractivity contribution < 1.29 is 14.3 Å². The van der Waals surface area contributed by atoms with Crippen molar-refractivity contribution in [2.24, 2.45) is 0 Å². The Balaban J connectivity index is 1.87. The van der Waals surface area contributed by atoms with E-state index in [1.807, 2.05) is 74.5 Å². The molecule has 1 aliphatic heterocycles. The Hall–Kier alpha value is -2.85. The molecule has 1 saturated heterocycles. The number of hydrogen-bond acceptors (Lipinski definition) is 4. The maximum atomic E-state index is 13.2. The van der Waals surface area contributed by atoms with Crippen molar-refractivity contribution in [2.75, 3.05) is 26.3 Å². The predicted molar refractivity (Wildman–Crippen MR) is 123 cm³/mol. The third-order valence-electron chi connectivity index (χ3n) is 5.12. The minimum absolute atomic E-state index is 0.120. The lowest BCUT2D eigenvalue weighted by Gasteiger charge is -2.32. The largest absolute Gasteiger partial charge is 0.494 e. The molecule has 158 valence electrons. The van der Waals surface area contributed by atoms with Crippen LogP contribution in [0.15, 0.2) is 59.7 Å². The number of piperidine rings is 1. The zero-order valence-electron chi connectivity index (χ0n) is 18.4. The van der Waals surface area contributed by atoms with Gasteiger partial charge in [-0.3, -0.25) is 9.69 Å². The number of carbonyl (C=O) groups is 1. The number of rotatable bonds is 7. The molecule has 0 N–H and O–H groups in total. The van der Waals surface area contributed by atoms with Crippen LogP contribution in [0.5, 0.6) is 11.5 Å². The molecule has 0 bridgehead atoms. The SMILES string of the molecule is CCOc1ccc(C=C2CN(C(C)C)CC(=Cc3ccc(OCC)cc3)C2=O)cc1. The summed E-state index contributed by atoms with van der Waals surface area (Å²) >= 11 is 0. The molecule has 4 heteroatoms. The second-order valence-electron chi connectivity index (χ2n) is 7.67. The van der Waals surface area contributed by atoms with Gasteiger partial charge in [0.2, 0.25) is 0 Å². The Bertz CT molecular complexity index is 837. The molecule has 1 aliphatic rings. The van der Waals surface area contributed by atoms with Gasteiger partial charge in [-0.1, -0.05) is 24.3 Å². The highest BCUT2D eigenvalue weighted by atomic mass is 16.5. The van der Waals surface area contributed by atoms with Gasteiger partial charge in [0.1, 0.15) is 11.5 Å². The molecule has 0 aromatic heterocycles. The van der Waals surface area contributed by atoms with E-state index >= 15 is 0 Å². The topological polar surface area (TPSA) is 38.8 Å². The van der Waals surface area contributed by atoms with Gasteiger partial charge in [-0.2, -0.15) is 0 Å². The lowest BCUT2D eigenvalue weighted by Crippen LogP contribution is -2.41. The van der Waals surface area contributed by atoms with Crippen LogP contribution < -0.4 is 9.47 Å². The van der Waals surface area contributed by atoms with Crippen LogP contribution in [0.1, 0.15) is 38.8 Å². The first-order valence-corrected chi connectivity index (χ1v) is 10.7. The molecule has 0 spiro atoms. The van der Waals surface area contributed by atoms with E-state index in [0.717, 1.165) is 33.8 Å². The number of hydrogen-bond donors (Lipinski definition) is 0. The molecule has 0 saturated carbocycles. The van der Waals surface area contributed by atoms with E-state index in [-0.39, 0.29) is 5.78 Å². The minimum Gasteiger partial charge on any atom is -0.494 e. The van der Waals surface area contributed by atoms with Crippen LogP contribution in [0.4, 0.5) is 0 Å². The van der Waals surface area contributed by atoms with Crippen LogP contribution >= 0.6 is 0 Å². The Labute approximate surface area is 179 Å². The Morgan fingerprint density at radius 2 is 1.20 bits per heavy atom. The Morgan fingerprint density at radius 3 is 1.53 bits per heavy atom. The summed E-state index contributed by atoms with van der Waals surface area (Å²) in [6.45, 7) is 10.9. The first kappa shape index (κ1) is 21.8. The van der Waals surface area contributed by atoms with E-state index in [9.17, 15) is 4.79 Å². The summed E-state index contributed by atoms with van der Waals surface area (Å²) in [7, 11) is 0. The van der Waals surface area contributed by atoms with Crippen molar-refractivity contribution >= 4 is 17.9 Å². The average Bonchev–Trinajstić information content (AvgIpc) is 2.74. The smallest absolute Gasteiger partial charge is 0.187 e. The molecule has 0 radical (unpaired) electrons. The van der Waals surface area contributed by atoms with Gasteiger partial charge in [0, 0.05) is 30.3 Å². The molecule has 0 aliphatic carbocycles. The maximum absolute atomic E-state index is 13.2. The minimum atomic E-state index is 0.120. The number of likely N-dealkylation sites (tertiary alicyclic amines) is 1. The molecule has 0 amide bonds. The van der Waals surface area contributed by atoms with Crippen LogP contribution in [0.25, 0.3) is 12.2 Å². The van der Waals surface area contributed by atoms with Gasteiger partial charge in [-0.05, 0) is 75.2 Å². The van der Waals surface area contributed by atoms with Gasteiger partial charge in [-0.25, -0.2) is 0 Å². The van der Waals surface area contributed by atoms with Crippen LogP contribution in [0.2, 0.25) is 0 Å². The summed E-state index contributed by atoms with van der Waals surface area (Å²) in [6, 6.07) is 16.1. The summed E-state index contributed by atoms with van der Waals surface area (Å²) in [6.07, 6.45) is 4.00. The number of benzene rings is 2. The summed E-state index contributed by atoms with van der Waals surface area (Å²) < 4.78 is 11.0. The number of nitrogens with zero attached hydrogens (tertiary/aromatic N) is 1. The highest BCUT2D eigenvalue weighted by molar-refractivity contribution is 6.14. The van der Waals surface area contributed by atoms with Crippen molar-refractivity contribution in [3.8, 4) is 11.5 Å². The van der Waals surface area contributed by atoms with E-state index in [0.29, 0.717) is 32.3 Å². The molecule has 4 nitrogen and oxygen atoms in total. The summed E-state index contributed by atoms with van der Waals surface area (Å²) in [5, 5.41) is 0. The third-order valence-corrected chi connectivity index (χ3v) is 5.12. The van der Waals surface area contributed by atoms with Gasteiger partial charge in [0.05, 0.1) is 13.2 Å². The van der Waals surface area contributed by atoms with Crippen LogP contribution in [-0.2, 0) is 4.79 Å². The number of ketones is 1. The standard InChI is InChI=1S/C26H31NO3/c1-5-29-24-11-7-20(8-12-24)15-22-17-27(19(3)4)18-23(26(22)28)16-21-9-13-25(14-10-21)30-6-2/h7-16,19H,5-6,17-18H2,1-4H3. The van der Waals surface area contributed by atoms with Crippen molar-refractivity contribution in [1.82, 2.24) is 4.90 Å². The highest BCUT2D eigenvalue weighted by Crippen LogP contribution is 2.25. The lowest BCUT2D eigenvalue weighted by molar-refractivity contribution is -0.113. The van der Waals surface area contributed by atoms with E-state index < -0.39 is 0 Å². The molecule has 30 heavy (non-hydrogen) atoms. The van der Waals surface area contributed by atoms with Crippen molar-refractivity contribution in [3.63, 3.8) is 0 Å². The van der Waals surface area contributed by atoms with Crippen molar-refractivity contribution in [3.05, 3.63) is 70.8 Å². The maximum Gasteiger partial charge on any atom is 0.187 e. The number of carbonyl (C=O) groups excluding carboxylic acids is 1. The van der Waals surface area contributed by atoms with E-state index in [1.54, 1.807) is 0 Å². The molecule has 2 aromatic carbocycles. The average molecular weight is 406 g/mol. The molecule has 2 aromatic rings. The molecule has 0 unspecified atom stereocenters. The van der Waals surface area contributed by atoms with Crippen LogP contribution in [0, 0.1) is 0 Å². The number of Topliss-reactive ketones (excluding diaryl/α,β-unsaturated/α-hetero) is 1. The first-order chi connectivity index (χ1) is 14.5. The van der Waals surface area contributed by atoms with E-state index in [1.165, 1.54) is 0 Å². The normalized spacial score (nSPS) is 17.7. The summed E-state index contributed by atoms with van der Waals surface area (Å²) in [5.41, 5.74) is 3.65. The quantitative estimate of drug-likeness (QED) is 0.590. The second-order valence-corrected chi connectivity index (χ2v) is 7.67. The Kier molecular flexibility index (Phi) is 7.47. The van der Waals surface area contributed by atoms with Crippen LogP contribution in [-0.4, -0.2) is 43.0 Å². The first-order valence-electron chi connectivity index (χ1n) is 10.7. The monoisotopic (exact) mass is 405 g/mol.